The highest BCUT2D eigenvalue weighted by atomic mass is 16.5. The van der Waals surface area contributed by atoms with Gasteiger partial charge in [-0.3, -0.25) is 4.79 Å². The summed E-state index contributed by atoms with van der Waals surface area (Å²) in [6.45, 7) is 5.09. The van der Waals surface area contributed by atoms with Crippen molar-refractivity contribution in [1.29, 1.82) is 0 Å². The lowest BCUT2D eigenvalue weighted by Crippen LogP contribution is -2.60. The first kappa shape index (κ1) is 11.9. The SMILES string of the molecule is CCNC1(C(=O)OC)CCN2CCCC2C1. The number of ether oxygens (including phenoxy) is 1. The third kappa shape index (κ3) is 1.96. The third-order valence-electron chi connectivity index (χ3n) is 4.00. The molecular weight excluding hydrogens is 204 g/mol. The summed E-state index contributed by atoms with van der Waals surface area (Å²) >= 11 is 0. The molecule has 0 amide bonds. The van der Waals surface area contributed by atoms with Gasteiger partial charge in [-0.05, 0) is 38.8 Å². The van der Waals surface area contributed by atoms with Gasteiger partial charge in [0.25, 0.3) is 0 Å². The summed E-state index contributed by atoms with van der Waals surface area (Å²) in [5, 5.41) is 3.36. The number of carbonyl (C=O) groups is 1. The Hall–Kier alpha value is -0.610. The number of likely N-dealkylation sites (N-methyl/N-ethyl adjacent to an activating group) is 1. The number of piperidine rings is 1. The molecule has 0 aromatic carbocycles. The van der Waals surface area contributed by atoms with Gasteiger partial charge >= 0.3 is 5.97 Å². The Morgan fingerprint density at radius 3 is 3.06 bits per heavy atom. The van der Waals surface area contributed by atoms with Gasteiger partial charge < -0.3 is 15.0 Å². The molecule has 0 radical (unpaired) electrons. The molecule has 0 saturated carbocycles. The maximum absolute atomic E-state index is 12.0. The fourth-order valence-electron chi connectivity index (χ4n) is 3.21. The minimum Gasteiger partial charge on any atom is -0.468 e. The van der Waals surface area contributed by atoms with E-state index in [9.17, 15) is 4.79 Å². The Morgan fingerprint density at radius 1 is 1.56 bits per heavy atom. The van der Waals surface area contributed by atoms with Gasteiger partial charge in [0.2, 0.25) is 0 Å². The van der Waals surface area contributed by atoms with Crippen LogP contribution in [0.4, 0.5) is 0 Å². The number of esters is 1. The summed E-state index contributed by atoms with van der Waals surface area (Å²) in [6.07, 6.45) is 4.29. The molecule has 2 aliphatic rings. The van der Waals surface area contributed by atoms with Crippen LogP contribution in [0.15, 0.2) is 0 Å². The van der Waals surface area contributed by atoms with Gasteiger partial charge in [0.15, 0.2) is 0 Å². The smallest absolute Gasteiger partial charge is 0.326 e. The first-order valence-electron chi connectivity index (χ1n) is 6.29. The highest BCUT2D eigenvalue weighted by Crippen LogP contribution is 2.33. The predicted molar refractivity (Wildman–Crippen MR) is 62.3 cm³/mol. The molecule has 16 heavy (non-hydrogen) atoms. The van der Waals surface area contributed by atoms with Crippen LogP contribution in [-0.2, 0) is 9.53 Å². The van der Waals surface area contributed by atoms with E-state index in [1.165, 1.54) is 26.5 Å². The van der Waals surface area contributed by atoms with Crippen molar-refractivity contribution in [2.75, 3.05) is 26.7 Å². The van der Waals surface area contributed by atoms with Crippen molar-refractivity contribution in [3.63, 3.8) is 0 Å². The lowest BCUT2D eigenvalue weighted by molar-refractivity contribution is -0.151. The number of carbonyl (C=O) groups excluding carboxylic acids is 1. The molecule has 4 nitrogen and oxygen atoms in total. The zero-order chi connectivity index (χ0) is 11.6. The van der Waals surface area contributed by atoms with Gasteiger partial charge in [0.05, 0.1) is 7.11 Å². The second-order valence-electron chi connectivity index (χ2n) is 4.89. The van der Waals surface area contributed by atoms with Gasteiger partial charge in [0.1, 0.15) is 5.54 Å². The minimum atomic E-state index is -0.422. The van der Waals surface area contributed by atoms with Crippen LogP contribution in [-0.4, -0.2) is 49.2 Å². The number of methoxy groups -OCH3 is 1. The fourth-order valence-corrected chi connectivity index (χ4v) is 3.21. The molecule has 2 fully saturated rings. The van der Waals surface area contributed by atoms with Gasteiger partial charge in [-0.15, -0.1) is 0 Å². The Labute approximate surface area is 97.3 Å². The average Bonchev–Trinajstić information content (AvgIpc) is 2.75. The predicted octanol–water partition coefficient (Wildman–Crippen LogP) is 0.766. The molecule has 2 rings (SSSR count). The molecule has 2 saturated heterocycles. The lowest BCUT2D eigenvalue weighted by atomic mass is 9.83. The van der Waals surface area contributed by atoms with E-state index in [4.69, 9.17) is 4.74 Å². The van der Waals surface area contributed by atoms with Crippen molar-refractivity contribution in [1.82, 2.24) is 10.2 Å². The van der Waals surface area contributed by atoms with Crippen LogP contribution in [0.25, 0.3) is 0 Å². The standard InChI is InChI=1S/C12H22N2O2/c1-3-13-12(11(15)16-2)6-8-14-7-4-5-10(14)9-12/h10,13H,3-9H2,1-2H3. The summed E-state index contributed by atoms with van der Waals surface area (Å²) in [5.41, 5.74) is -0.422. The molecule has 92 valence electrons. The maximum atomic E-state index is 12.0. The van der Waals surface area contributed by atoms with Crippen molar-refractivity contribution in [2.45, 2.75) is 44.2 Å². The van der Waals surface area contributed by atoms with Crippen LogP contribution in [0.3, 0.4) is 0 Å². The molecule has 1 N–H and O–H groups in total. The van der Waals surface area contributed by atoms with Crippen LogP contribution in [0.1, 0.15) is 32.6 Å². The molecule has 2 aliphatic heterocycles. The first-order valence-corrected chi connectivity index (χ1v) is 6.29. The van der Waals surface area contributed by atoms with Crippen molar-refractivity contribution in [2.24, 2.45) is 0 Å². The molecule has 2 unspecified atom stereocenters. The average molecular weight is 226 g/mol. The summed E-state index contributed by atoms with van der Waals surface area (Å²) in [5.74, 6) is -0.0825. The summed E-state index contributed by atoms with van der Waals surface area (Å²) in [4.78, 5) is 14.5. The van der Waals surface area contributed by atoms with E-state index < -0.39 is 5.54 Å². The highest BCUT2D eigenvalue weighted by molar-refractivity contribution is 5.81. The van der Waals surface area contributed by atoms with Crippen LogP contribution in [0.2, 0.25) is 0 Å². The van der Waals surface area contributed by atoms with Crippen LogP contribution in [0, 0.1) is 0 Å². The second-order valence-corrected chi connectivity index (χ2v) is 4.89. The Morgan fingerprint density at radius 2 is 2.38 bits per heavy atom. The fraction of sp³-hybridized carbons (Fsp3) is 0.917. The first-order chi connectivity index (χ1) is 7.72. The van der Waals surface area contributed by atoms with Gasteiger partial charge in [-0.2, -0.15) is 0 Å². The molecule has 0 aromatic rings. The van der Waals surface area contributed by atoms with Crippen molar-refractivity contribution in [3.05, 3.63) is 0 Å². The van der Waals surface area contributed by atoms with E-state index in [-0.39, 0.29) is 5.97 Å². The van der Waals surface area contributed by atoms with Crippen molar-refractivity contribution in [3.8, 4) is 0 Å². The number of fused-ring (bicyclic) bond motifs is 1. The van der Waals surface area contributed by atoms with E-state index in [0.717, 1.165) is 25.9 Å². The lowest BCUT2D eigenvalue weighted by Gasteiger charge is -2.42. The van der Waals surface area contributed by atoms with Gasteiger partial charge in [-0.25, -0.2) is 0 Å². The van der Waals surface area contributed by atoms with E-state index >= 15 is 0 Å². The molecule has 0 aromatic heterocycles. The molecule has 0 spiro atoms. The van der Waals surface area contributed by atoms with E-state index in [0.29, 0.717) is 6.04 Å². The number of nitrogens with one attached hydrogen (secondary N) is 1. The summed E-state index contributed by atoms with van der Waals surface area (Å²) < 4.78 is 4.97. The Bertz CT molecular complexity index is 270. The van der Waals surface area contributed by atoms with E-state index in [1.54, 1.807) is 0 Å². The van der Waals surface area contributed by atoms with Crippen molar-refractivity contribution < 1.29 is 9.53 Å². The second kappa shape index (κ2) is 4.72. The molecule has 0 aliphatic carbocycles. The third-order valence-corrected chi connectivity index (χ3v) is 4.00. The van der Waals surface area contributed by atoms with Crippen LogP contribution >= 0.6 is 0 Å². The molecule has 0 bridgehead atoms. The minimum absolute atomic E-state index is 0.0825. The number of rotatable bonds is 3. The Kier molecular flexibility index (Phi) is 3.50. The normalized spacial score (nSPS) is 34.8. The molecular formula is C12H22N2O2. The van der Waals surface area contributed by atoms with E-state index in [2.05, 4.69) is 10.2 Å². The number of hydrogen-bond donors (Lipinski definition) is 1. The highest BCUT2D eigenvalue weighted by Gasteiger charge is 2.46. The number of nitrogens with zero attached hydrogens (tertiary/aromatic N) is 1. The van der Waals surface area contributed by atoms with Gasteiger partial charge in [-0.1, -0.05) is 6.92 Å². The van der Waals surface area contributed by atoms with Gasteiger partial charge in [0, 0.05) is 12.6 Å². The molecule has 2 heterocycles. The van der Waals surface area contributed by atoms with E-state index in [1.807, 2.05) is 6.92 Å². The summed E-state index contributed by atoms with van der Waals surface area (Å²) in [6, 6.07) is 0.576. The maximum Gasteiger partial charge on any atom is 0.326 e. The topological polar surface area (TPSA) is 41.6 Å². The monoisotopic (exact) mass is 226 g/mol. The van der Waals surface area contributed by atoms with Crippen molar-refractivity contribution >= 4 is 5.97 Å². The van der Waals surface area contributed by atoms with Crippen LogP contribution in [0.5, 0.6) is 0 Å². The summed E-state index contributed by atoms with van der Waals surface area (Å²) in [7, 11) is 1.49. The zero-order valence-corrected chi connectivity index (χ0v) is 10.3. The van der Waals surface area contributed by atoms with Crippen LogP contribution < -0.4 is 5.32 Å². The molecule has 2 atom stereocenters. The largest absolute Gasteiger partial charge is 0.468 e. The number of hydrogen-bond acceptors (Lipinski definition) is 4. The Balaban J connectivity index is 2.11. The quantitative estimate of drug-likeness (QED) is 0.722. The molecule has 4 heteroatoms. The zero-order valence-electron chi connectivity index (χ0n) is 10.3.